The van der Waals surface area contributed by atoms with E-state index in [1.807, 2.05) is 7.85 Å². The average Bonchev–Trinajstić information content (AvgIpc) is 1.83. The van der Waals surface area contributed by atoms with E-state index in [2.05, 4.69) is 12.2 Å². The molecule has 0 bridgehead atoms. The molecule has 0 rings (SSSR count). The first-order valence-electron chi connectivity index (χ1n) is 3.04. The molecule has 1 atom stereocenters. The third-order valence-corrected chi connectivity index (χ3v) is 1.08. The van der Waals surface area contributed by atoms with Crippen molar-refractivity contribution in [2.75, 3.05) is 20.2 Å². The van der Waals surface area contributed by atoms with Crippen molar-refractivity contribution >= 4 is 7.85 Å². The number of hydrogen-bond acceptors (Lipinski definition) is 2. The van der Waals surface area contributed by atoms with Gasteiger partial charge < -0.3 is 10.1 Å². The zero-order valence-corrected chi connectivity index (χ0v) is 5.90. The summed E-state index contributed by atoms with van der Waals surface area (Å²) in [5.74, 6) is 0. The summed E-state index contributed by atoms with van der Waals surface area (Å²) in [5, 5.41) is 3.17. The van der Waals surface area contributed by atoms with Gasteiger partial charge >= 0.3 is 0 Å². The molecule has 48 valence electrons. The van der Waals surface area contributed by atoms with Crippen LogP contribution in [0.4, 0.5) is 0 Å². The molecule has 8 heavy (non-hydrogen) atoms. The van der Waals surface area contributed by atoms with Crippen molar-refractivity contribution in [2.45, 2.75) is 12.9 Å². The van der Waals surface area contributed by atoms with Crippen LogP contribution in [0.3, 0.4) is 0 Å². The molecule has 1 unspecified atom stereocenters. The molecular formula is C5H14BNO. The fourth-order valence-corrected chi connectivity index (χ4v) is 0.431. The second-order valence-corrected chi connectivity index (χ2v) is 1.85. The fraction of sp³-hybridized carbons (Fsp3) is 1.00. The Hall–Kier alpha value is -0.0151. The topological polar surface area (TPSA) is 21.3 Å². The summed E-state index contributed by atoms with van der Waals surface area (Å²) in [6.07, 6.45) is 0. The lowest BCUT2D eigenvalue weighted by atomic mass is 10.0. The second kappa shape index (κ2) is 5.13. The zero-order chi connectivity index (χ0) is 6.41. The predicted molar refractivity (Wildman–Crippen MR) is 37.9 cm³/mol. The Bertz CT molecular complexity index is 51.7. The minimum Gasteiger partial charge on any atom is -0.389 e. The highest BCUT2D eigenvalue weighted by Gasteiger charge is 1.94. The maximum Gasteiger partial charge on any atom is 0.140 e. The van der Waals surface area contributed by atoms with E-state index in [0.29, 0.717) is 6.00 Å². The summed E-state index contributed by atoms with van der Waals surface area (Å²) in [5.41, 5.74) is 0. The Morgan fingerprint density at radius 3 is 2.75 bits per heavy atom. The second-order valence-electron chi connectivity index (χ2n) is 1.85. The fourth-order valence-electron chi connectivity index (χ4n) is 0.431. The van der Waals surface area contributed by atoms with Crippen molar-refractivity contribution in [3.63, 3.8) is 0 Å². The summed E-state index contributed by atoms with van der Waals surface area (Å²) < 4.78 is 4.99. The van der Waals surface area contributed by atoms with Gasteiger partial charge in [-0.2, -0.15) is 0 Å². The van der Waals surface area contributed by atoms with Gasteiger partial charge in [-0.1, -0.05) is 6.92 Å². The number of methoxy groups -OCH3 is 1. The van der Waals surface area contributed by atoms with Gasteiger partial charge in [0.15, 0.2) is 0 Å². The first-order valence-corrected chi connectivity index (χ1v) is 3.04. The molecule has 2 nitrogen and oxygen atoms in total. The molecule has 0 aliphatic carbocycles. The highest BCUT2D eigenvalue weighted by molar-refractivity contribution is 6.11. The number of nitrogens with one attached hydrogen (secondary N) is 1. The van der Waals surface area contributed by atoms with Crippen molar-refractivity contribution in [2.24, 2.45) is 0 Å². The molecule has 0 aliphatic heterocycles. The Morgan fingerprint density at radius 1 is 1.75 bits per heavy atom. The Labute approximate surface area is 52.0 Å². The molecule has 0 aromatic rings. The summed E-state index contributed by atoms with van der Waals surface area (Å²) >= 11 is 0. The zero-order valence-electron chi connectivity index (χ0n) is 5.90. The van der Waals surface area contributed by atoms with Gasteiger partial charge in [-0.15, -0.1) is 0 Å². The van der Waals surface area contributed by atoms with E-state index in [1.165, 1.54) is 0 Å². The van der Waals surface area contributed by atoms with Crippen LogP contribution < -0.4 is 5.32 Å². The van der Waals surface area contributed by atoms with Crippen LogP contribution in [-0.2, 0) is 4.74 Å². The first-order chi connectivity index (χ1) is 3.81. The van der Waals surface area contributed by atoms with Gasteiger partial charge in [0.25, 0.3) is 0 Å². The summed E-state index contributed by atoms with van der Waals surface area (Å²) in [6.45, 7) is 4.06. The minimum atomic E-state index is 0.343. The largest absolute Gasteiger partial charge is 0.389 e. The van der Waals surface area contributed by atoms with Crippen molar-refractivity contribution in [3.8, 4) is 0 Å². The normalized spacial score (nSPS) is 13.8. The van der Waals surface area contributed by atoms with E-state index in [0.717, 1.165) is 13.1 Å². The number of likely N-dealkylation sites (N-methyl/N-ethyl adjacent to an activating group) is 1. The van der Waals surface area contributed by atoms with E-state index in [1.54, 1.807) is 7.11 Å². The SMILES string of the molecule is BC(CNCC)OC. The van der Waals surface area contributed by atoms with Crippen LogP contribution >= 0.6 is 0 Å². The maximum atomic E-state index is 4.99. The quantitative estimate of drug-likeness (QED) is 0.484. The van der Waals surface area contributed by atoms with Crippen molar-refractivity contribution < 1.29 is 4.74 Å². The summed E-state index contributed by atoms with van der Waals surface area (Å²) in [6, 6.07) is 0.343. The summed E-state index contributed by atoms with van der Waals surface area (Å²) in [4.78, 5) is 0. The van der Waals surface area contributed by atoms with Crippen LogP contribution in [0.1, 0.15) is 6.92 Å². The lowest BCUT2D eigenvalue weighted by Gasteiger charge is -2.07. The molecular weight excluding hydrogens is 101 g/mol. The molecule has 0 amide bonds. The third-order valence-electron chi connectivity index (χ3n) is 1.08. The first kappa shape index (κ1) is 7.98. The van der Waals surface area contributed by atoms with Gasteiger partial charge in [0, 0.05) is 19.7 Å². The number of rotatable bonds is 4. The monoisotopic (exact) mass is 115 g/mol. The molecule has 0 spiro atoms. The molecule has 3 heteroatoms. The Balaban J connectivity index is 2.86. The van der Waals surface area contributed by atoms with Gasteiger partial charge in [-0.25, -0.2) is 0 Å². The molecule has 0 aromatic heterocycles. The molecule has 0 aliphatic rings. The molecule has 0 aromatic carbocycles. The van der Waals surface area contributed by atoms with E-state index < -0.39 is 0 Å². The van der Waals surface area contributed by atoms with Gasteiger partial charge in [0.1, 0.15) is 7.85 Å². The van der Waals surface area contributed by atoms with Gasteiger partial charge in [-0.05, 0) is 6.54 Å². The minimum absolute atomic E-state index is 0.343. The molecule has 0 radical (unpaired) electrons. The standard InChI is InChI=1S/C5H14BNO/c1-3-7-4-5(6)8-2/h5,7H,3-4,6H2,1-2H3. The van der Waals surface area contributed by atoms with Crippen LogP contribution in [-0.4, -0.2) is 34.0 Å². The van der Waals surface area contributed by atoms with Gasteiger partial charge in [-0.3, -0.25) is 0 Å². The van der Waals surface area contributed by atoms with Gasteiger partial charge in [0.2, 0.25) is 0 Å². The number of ether oxygens (including phenoxy) is 1. The van der Waals surface area contributed by atoms with Crippen molar-refractivity contribution in [1.29, 1.82) is 0 Å². The third kappa shape index (κ3) is 4.15. The highest BCUT2D eigenvalue weighted by Crippen LogP contribution is 1.76. The van der Waals surface area contributed by atoms with Crippen LogP contribution in [0.2, 0.25) is 0 Å². The summed E-state index contributed by atoms with van der Waals surface area (Å²) in [7, 11) is 3.77. The maximum absolute atomic E-state index is 4.99. The van der Waals surface area contributed by atoms with E-state index in [9.17, 15) is 0 Å². The van der Waals surface area contributed by atoms with Crippen LogP contribution in [0.5, 0.6) is 0 Å². The molecule has 0 fully saturated rings. The Kier molecular flexibility index (Phi) is 5.12. The van der Waals surface area contributed by atoms with Crippen molar-refractivity contribution in [3.05, 3.63) is 0 Å². The predicted octanol–water partition coefficient (Wildman–Crippen LogP) is -0.798. The highest BCUT2D eigenvalue weighted by atomic mass is 16.5. The molecule has 0 heterocycles. The van der Waals surface area contributed by atoms with E-state index in [4.69, 9.17) is 4.74 Å². The van der Waals surface area contributed by atoms with Crippen molar-refractivity contribution in [1.82, 2.24) is 5.32 Å². The van der Waals surface area contributed by atoms with E-state index >= 15 is 0 Å². The van der Waals surface area contributed by atoms with E-state index in [-0.39, 0.29) is 0 Å². The van der Waals surface area contributed by atoms with Gasteiger partial charge in [0.05, 0.1) is 0 Å². The smallest absolute Gasteiger partial charge is 0.140 e. The average molecular weight is 115 g/mol. The lowest BCUT2D eigenvalue weighted by molar-refractivity contribution is 0.165. The van der Waals surface area contributed by atoms with Crippen LogP contribution in [0, 0.1) is 0 Å². The molecule has 0 saturated heterocycles. The van der Waals surface area contributed by atoms with Crippen LogP contribution in [0.15, 0.2) is 0 Å². The Morgan fingerprint density at radius 2 is 2.38 bits per heavy atom. The molecule has 1 N–H and O–H groups in total. The van der Waals surface area contributed by atoms with Crippen LogP contribution in [0.25, 0.3) is 0 Å². The lowest BCUT2D eigenvalue weighted by Crippen LogP contribution is -2.28. The number of hydrogen-bond donors (Lipinski definition) is 1. The molecule has 0 saturated carbocycles.